The summed E-state index contributed by atoms with van der Waals surface area (Å²) in [6, 6.07) is 7.86. The molecule has 2 N–H and O–H groups in total. The lowest BCUT2D eigenvalue weighted by Gasteiger charge is -2.39. The maximum absolute atomic E-state index is 13.3. The van der Waals surface area contributed by atoms with Crippen molar-refractivity contribution >= 4 is 21.8 Å². The molecule has 1 saturated carbocycles. The molecule has 182 valence electrons. The second-order valence-electron chi connectivity index (χ2n) is 9.60. The first kappa shape index (κ1) is 23.0. The molecular weight excluding hydrogens is 458 g/mol. The summed E-state index contributed by atoms with van der Waals surface area (Å²) in [5.74, 6) is -0.643. The van der Waals surface area contributed by atoms with E-state index in [1.165, 1.54) is 8.99 Å². The number of nitrogens with zero attached hydrogens (tertiary/aromatic N) is 4. The third-order valence-electron chi connectivity index (χ3n) is 7.06. The second kappa shape index (κ2) is 8.17. The molecule has 11 heteroatoms. The number of carbonyl (C=O) groups is 2. The van der Waals surface area contributed by atoms with Crippen molar-refractivity contribution in [2.75, 3.05) is 26.2 Å². The van der Waals surface area contributed by atoms with E-state index in [9.17, 15) is 23.1 Å². The van der Waals surface area contributed by atoms with Gasteiger partial charge >= 0.3 is 0 Å². The molecule has 34 heavy (non-hydrogen) atoms. The van der Waals surface area contributed by atoms with Crippen molar-refractivity contribution in [2.24, 2.45) is 7.05 Å². The number of rotatable bonds is 7. The number of sulfonamides is 1. The van der Waals surface area contributed by atoms with E-state index in [0.717, 1.165) is 11.1 Å². The molecule has 1 aromatic heterocycles. The fourth-order valence-electron chi connectivity index (χ4n) is 4.75. The minimum atomic E-state index is -3.59. The van der Waals surface area contributed by atoms with Crippen LogP contribution in [0.2, 0.25) is 0 Å². The highest BCUT2D eigenvalue weighted by Gasteiger charge is 2.60. The van der Waals surface area contributed by atoms with Crippen molar-refractivity contribution in [3.05, 3.63) is 52.3 Å². The van der Waals surface area contributed by atoms with E-state index < -0.39 is 20.9 Å². The van der Waals surface area contributed by atoms with Gasteiger partial charge in [0.2, 0.25) is 10.0 Å². The number of aliphatic hydroxyl groups excluding tert-OH is 1. The molecule has 1 aromatic carbocycles. The molecule has 0 atom stereocenters. The summed E-state index contributed by atoms with van der Waals surface area (Å²) in [6.07, 6.45) is 0.809. The summed E-state index contributed by atoms with van der Waals surface area (Å²) in [5.41, 5.74) is 3.28. The molecule has 2 aliphatic heterocycles. The van der Waals surface area contributed by atoms with Crippen LogP contribution < -0.4 is 5.32 Å². The van der Waals surface area contributed by atoms with Gasteiger partial charge in [-0.2, -0.15) is 9.40 Å². The van der Waals surface area contributed by atoms with Gasteiger partial charge in [-0.3, -0.25) is 14.3 Å². The Balaban J connectivity index is 1.30. The average molecular weight is 488 g/mol. The molecule has 3 aliphatic rings. The monoisotopic (exact) mass is 487 g/mol. The molecule has 0 spiro atoms. The highest BCUT2D eigenvalue weighted by molar-refractivity contribution is 7.90. The number of benzene rings is 1. The van der Waals surface area contributed by atoms with E-state index in [1.54, 1.807) is 11.9 Å². The quantitative estimate of drug-likeness (QED) is 0.575. The fourth-order valence-corrected chi connectivity index (χ4v) is 6.97. The standard InChI is InChI=1S/C23H29N5O5S/c1-15-3-5-16(6-4-15)11-24-21(30)19-18-7-10-27(22(31)20(18)26(2)25-19)14-23(8-9-23)34(32,33)28-12-17(29)13-28/h3-6,17,29H,7-14H2,1-2H3,(H,24,30). The Bertz CT molecular complexity index is 1240. The third-order valence-corrected chi connectivity index (χ3v) is 9.67. The number of aryl methyl sites for hydroxylation is 2. The van der Waals surface area contributed by atoms with Crippen LogP contribution in [-0.2, 0) is 30.0 Å². The molecule has 2 amide bonds. The van der Waals surface area contributed by atoms with Crippen LogP contribution in [0.25, 0.3) is 0 Å². The zero-order valence-corrected chi connectivity index (χ0v) is 20.1. The third kappa shape index (κ3) is 3.81. The highest BCUT2D eigenvalue weighted by atomic mass is 32.2. The number of hydrogen-bond donors (Lipinski definition) is 2. The van der Waals surface area contributed by atoms with E-state index in [0.29, 0.717) is 43.6 Å². The summed E-state index contributed by atoms with van der Waals surface area (Å²) in [5, 5.41) is 16.7. The summed E-state index contributed by atoms with van der Waals surface area (Å²) >= 11 is 0. The lowest BCUT2D eigenvalue weighted by Crippen LogP contribution is -2.58. The highest BCUT2D eigenvalue weighted by Crippen LogP contribution is 2.47. The molecule has 10 nitrogen and oxygen atoms in total. The molecule has 2 fully saturated rings. The number of carbonyl (C=O) groups excluding carboxylic acids is 2. The Morgan fingerprint density at radius 2 is 1.91 bits per heavy atom. The van der Waals surface area contributed by atoms with Crippen molar-refractivity contribution < 1.29 is 23.1 Å². The van der Waals surface area contributed by atoms with Gasteiger partial charge in [-0.1, -0.05) is 29.8 Å². The molecule has 1 saturated heterocycles. The van der Waals surface area contributed by atoms with Crippen molar-refractivity contribution in [3.63, 3.8) is 0 Å². The molecule has 3 heterocycles. The summed E-state index contributed by atoms with van der Waals surface area (Å²) in [4.78, 5) is 27.7. The summed E-state index contributed by atoms with van der Waals surface area (Å²) in [6.45, 7) is 3.03. The first-order chi connectivity index (χ1) is 16.1. The molecular formula is C23H29N5O5S. The molecule has 0 bridgehead atoms. The second-order valence-corrected chi connectivity index (χ2v) is 11.9. The number of hydrogen-bond acceptors (Lipinski definition) is 6. The van der Waals surface area contributed by atoms with Crippen LogP contribution >= 0.6 is 0 Å². The van der Waals surface area contributed by atoms with Crippen LogP contribution in [0.5, 0.6) is 0 Å². The average Bonchev–Trinajstić information content (AvgIpc) is 3.49. The molecule has 2 aromatic rings. The van der Waals surface area contributed by atoms with E-state index in [1.807, 2.05) is 31.2 Å². The van der Waals surface area contributed by atoms with Crippen LogP contribution in [0, 0.1) is 6.92 Å². The Morgan fingerprint density at radius 1 is 1.24 bits per heavy atom. The lowest BCUT2D eigenvalue weighted by molar-refractivity contribution is 0.0529. The van der Waals surface area contributed by atoms with Crippen molar-refractivity contribution in [1.82, 2.24) is 24.3 Å². The Labute approximate surface area is 198 Å². The number of nitrogens with one attached hydrogen (secondary N) is 1. The van der Waals surface area contributed by atoms with E-state index in [-0.39, 0.29) is 37.1 Å². The van der Waals surface area contributed by atoms with Gasteiger partial charge in [-0.15, -0.1) is 0 Å². The predicted octanol–water partition coefficient (Wildman–Crippen LogP) is 0.196. The zero-order chi connectivity index (χ0) is 24.3. The van der Waals surface area contributed by atoms with Crippen molar-refractivity contribution in [1.29, 1.82) is 0 Å². The SMILES string of the molecule is Cc1ccc(CNC(=O)c2nn(C)c3c2CCN(CC2(S(=O)(=O)N4CC(O)C4)CC2)C3=O)cc1. The van der Waals surface area contributed by atoms with Crippen LogP contribution in [0.15, 0.2) is 24.3 Å². The van der Waals surface area contributed by atoms with Crippen LogP contribution in [0.3, 0.4) is 0 Å². The summed E-state index contributed by atoms with van der Waals surface area (Å²) < 4.78 is 27.8. The Hall–Kier alpha value is -2.76. The maximum atomic E-state index is 13.3. The number of aromatic nitrogens is 2. The smallest absolute Gasteiger partial charge is 0.272 e. The van der Waals surface area contributed by atoms with Gasteiger partial charge in [0, 0.05) is 45.3 Å². The van der Waals surface area contributed by atoms with Crippen LogP contribution in [-0.4, -0.2) is 81.4 Å². The van der Waals surface area contributed by atoms with Gasteiger partial charge in [0.1, 0.15) is 10.4 Å². The minimum Gasteiger partial charge on any atom is -0.390 e. The lowest BCUT2D eigenvalue weighted by atomic mass is 10.0. The van der Waals surface area contributed by atoms with Gasteiger partial charge in [0.05, 0.1) is 6.10 Å². The van der Waals surface area contributed by atoms with Crippen LogP contribution in [0.1, 0.15) is 50.5 Å². The molecule has 1 aliphatic carbocycles. The summed E-state index contributed by atoms with van der Waals surface area (Å²) in [7, 11) is -1.96. The van der Waals surface area contributed by atoms with E-state index in [4.69, 9.17) is 0 Å². The van der Waals surface area contributed by atoms with Crippen molar-refractivity contribution in [3.8, 4) is 0 Å². The van der Waals surface area contributed by atoms with Gasteiger partial charge < -0.3 is 15.3 Å². The van der Waals surface area contributed by atoms with Gasteiger partial charge in [0.15, 0.2) is 5.69 Å². The largest absolute Gasteiger partial charge is 0.390 e. The Kier molecular flexibility index (Phi) is 5.53. The van der Waals surface area contributed by atoms with Gasteiger partial charge in [-0.05, 0) is 31.7 Å². The topological polar surface area (TPSA) is 125 Å². The van der Waals surface area contributed by atoms with E-state index in [2.05, 4.69) is 10.4 Å². The number of β-amino-alcohol motifs (C(OH)–C–C–N with tert-alkyl or cyclic N) is 1. The number of aliphatic hydroxyl groups is 1. The molecule has 5 rings (SSSR count). The van der Waals surface area contributed by atoms with Gasteiger partial charge in [-0.25, -0.2) is 8.42 Å². The number of fused-ring (bicyclic) bond motifs is 1. The maximum Gasteiger partial charge on any atom is 0.272 e. The predicted molar refractivity (Wildman–Crippen MR) is 124 cm³/mol. The number of amides is 2. The zero-order valence-electron chi connectivity index (χ0n) is 19.3. The first-order valence-corrected chi connectivity index (χ1v) is 12.9. The minimum absolute atomic E-state index is 0.111. The van der Waals surface area contributed by atoms with E-state index >= 15 is 0 Å². The van der Waals surface area contributed by atoms with Gasteiger partial charge in [0.25, 0.3) is 11.8 Å². The normalized spacial score (nSPS) is 20.1. The molecule has 0 radical (unpaired) electrons. The Morgan fingerprint density at radius 3 is 2.53 bits per heavy atom. The van der Waals surface area contributed by atoms with Crippen molar-refractivity contribution in [2.45, 2.75) is 43.6 Å². The fraction of sp³-hybridized carbons (Fsp3) is 0.522. The molecule has 0 unspecified atom stereocenters. The van der Waals surface area contributed by atoms with Crippen LogP contribution in [0.4, 0.5) is 0 Å². The first-order valence-electron chi connectivity index (χ1n) is 11.5.